The molecule has 0 N–H and O–H groups in total. The average Bonchev–Trinajstić information content (AvgIpc) is 2.58. The lowest BCUT2D eigenvalue weighted by Crippen LogP contribution is -2.36. The Bertz CT molecular complexity index is 854. The molecule has 6 heteroatoms. The number of ether oxygens (including phenoxy) is 2. The summed E-state index contributed by atoms with van der Waals surface area (Å²) in [5.41, 5.74) is 3.70. The molecule has 0 bridgehead atoms. The number of hydrogen-bond acceptors (Lipinski definition) is 4. The van der Waals surface area contributed by atoms with Crippen LogP contribution in [-0.4, -0.2) is 16.4 Å². The Labute approximate surface area is 166 Å². The van der Waals surface area contributed by atoms with Crippen molar-refractivity contribution in [1.82, 2.24) is 9.78 Å². The van der Waals surface area contributed by atoms with Crippen LogP contribution in [0.5, 0.6) is 5.75 Å². The molecule has 0 atom stereocenters. The van der Waals surface area contributed by atoms with Gasteiger partial charge in [0.15, 0.2) is 10.8 Å². The Morgan fingerprint density at radius 3 is 2.26 bits per heavy atom. The number of aromatic nitrogens is 2. The third kappa shape index (κ3) is 5.33. The first-order valence-electron chi connectivity index (χ1n) is 9.23. The van der Waals surface area contributed by atoms with Crippen LogP contribution in [0.3, 0.4) is 0 Å². The molecular weight excluding hydrogens is 364 g/mol. The molecule has 0 fully saturated rings. The van der Waals surface area contributed by atoms with Gasteiger partial charge in [-0.15, -0.1) is 0 Å². The van der Waals surface area contributed by atoms with E-state index in [0.717, 1.165) is 29.7 Å². The van der Waals surface area contributed by atoms with Crippen molar-refractivity contribution < 1.29 is 9.47 Å². The molecule has 1 heterocycles. The van der Waals surface area contributed by atoms with E-state index in [1.54, 1.807) is 0 Å². The summed E-state index contributed by atoms with van der Waals surface area (Å²) < 4.78 is 12.8. The molecule has 0 aliphatic rings. The van der Waals surface area contributed by atoms with Crippen molar-refractivity contribution in [2.75, 3.05) is 6.61 Å². The summed E-state index contributed by atoms with van der Waals surface area (Å²) in [6.45, 7) is 13.6. The summed E-state index contributed by atoms with van der Waals surface area (Å²) in [5.74, 6) is 0.301. The van der Waals surface area contributed by atoms with Crippen LogP contribution < -0.4 is 10.3 Å². The second kappa shape index (κ2) is 8.89. The molecule has 0 aliphatic carbocycles. The first-order valence-corrected chi connectivity index (χ1v) is 9.60. The lowest BCUT2D eigenvalue weighted by molar-refractivity contribution is 0.121. The molecule has 2 rings (SSSR count). The smallest absolute Gasteiger partial charge is 0.289 e. The first kappa shape index (κ1) is 21.5. The van der Waals surface area contributed by atoms with Crippen molar-refractivity contribution in [1.29, 1.82) is 0 Å². The maximum atomic E-state index is 12.4. The molecule has 0 amide bonds. The molecule has 0 saturated carbocycles. The zero-order valence-electron chi connectivity index (χ0n) is 17.1. The van der Waals surface area contributed by atoms with Crippen molar-refractivity contribution in [2.45, 2.75) is 66.7 Å². The molecule has 1 aromatic heterocycles. The third-order valence-corrected chi connectivity index (χ3v) is 4.65. The Morgan fingerprint density at radius 1 is 1.11 bits per heavy atom. The monoisotopic (exact) mass is 392 g/mol. The van der Waals surface area contributed by atoms with Gasteiger partial charge >= 0.3 is 0 Å². The zero-order valence-corrected chi connectivity index (χ0v) is 17.8. The molecule has 0 saturated heterocycles. The summed E-state index contributed by atoms with van der Waals surface area (Å²) in [4.78, 5) is 12.4. The highest BCUT2D eigenvalue weighted by Crippen LogP contribution is 2.23. The fourth-order valence-corrected chi connectivity index (χ4v) is 2.91. The largest absolute Gasteiger partial charge is 0.485 e. The van der Waals surface area contributed by atoms with E-state index < -0.39 is 5.54 Å². The highest BCUT2D eigenvalue weighted by atomic mass is 35.5. The fourth-order valence-electron chi connectivity index (χ4n) is 2.72. The van der Waals surface area contributed by atoms with E-state index >= 15 is 0 Å². The number of benzene rings is 1. The van der Waals surface area contributed by atoms with Crippen LogP contribution in [0, 0.1) is 13.8 Å². The maximum Gasteiger partial charge on any atom is 0.289 e. The van der Waals surface area contributed by atoms with Gasteiger partial charge in [0.2, 0.25) is 0 Å². The SMILES string of the molecule is CCCOCc1cc(C)c(COc2cnn(C(C)(C)C)c(=O)c2Cl)cc1C. The van der Waals surface area contributed by atoms with Gasteiger partial charge in [-0.1, -0.05) is 30.7 Å². The van der Waals surface area contributed by atoms with Gasteiger partial charge in [-0.05, 0) is 63.3 Å². The van der Waals surface area contributed by atoms with Gasteiger partial charge in [-0.2, -0.15) is 5.10 Å². The predicted molar refractivity (Wildman–Crippen MR) is 109 cm³/mol. The van der Waals surface area contributed by atoms with E-state index in [1.165, 1.54) is 16.4 Å². The normalized spacial score (nSPS) is 11.7. The standard InChI is InChI=1S/C21H29ClN2O3/c1-7-8-26-12-16-9-15(3)17(10-14(16)2)13-27-18-11-23-24(21(4,5)6)20(25)19(18)22/h9-11H,7-8,12-13H2,1-6H3. The summed E-state index contributed by atoms with van der Waals surface area (Å²) in [6.07, 6.45) is 2.51. The molecule has 5 nitrogen and oxygen atoms in total. The molecule has 2 aromatic rings. The molecule has 0 radical (unpaired) electrons. The van der Waals surface area contributed by atoms with Crippen LogP contribution in [0.15, 0.2) is 23.1 Å². The van der Waals surface area contributed by atoms with E-state index in [1.807, 2.05) is 27.7 Å². The van der Waals surface area contributed by atoms with Gasteiger partial charge in [-0.3, -0.25) is 4.79 Å². The van der Waals surface area contributed by atoms with Gasteiger partial charge in [0, 0.05) is 6.61 Å². The van der Waals surface area contributed by atoms with Crippen molar-refractivity contribution in [3.8, 4) is 5.75 Å². The molecule has 0 unspecified atom stereocenters. The van der Waals surface area contributed by atoms with Crippen LogP contribution in [0.2, 0.25) is 5.02 Å². The lowest BCUT2D eigenvalue weighted by Gasteiger charge is -2.21. The molecule has 0 spiro atoms. The predicted octanol–water partition coefficient (Wildman–Crippen LogP) is 4.77. The van der Waals surface area contributed by atoms with Gasteiger partial charge in [-0.25, -0.2) is 4.68 Å². The van der Waals surface area contributed by atoms with Crippen LogP contribution in [0.1, 0.15) is 56.4 Å². The first-order chi connectivity index (χ1) is 12.6. The van der Waals surface area contributed by atoms with Crippen molar-refractivity contribution in [3.05, 3.63) is 56.0 Å². The van der Waals surface area contributed by atoms with Gasteiger partial charge in [0.25, 0.3) is 5.56 Å². The van der Waals surface area contributed by atoms with E-state index in [9.17, 15) is 4.79 Å². The van der Waals surface area contributed by atoms with Crippen LogP contribution >= 0.6 is 11.6 Å². The number of aryl methyl sites for hydroxylation is 2. The molecule has 148 valence electrons. The van der Waals surface area contributed by atoms with Gasteiger partial charge in [0.05, 0.1) is 18.3 Å². The second-order valence-corrected chi connectivity index (χ2v) is 8.13. The summed E-state index contributed by atoms with van der Waals surface area (Å²) in [7, 11) is 0. The third-order valence-electron chi connectivity index (χ3n) is 4.31. The van der Waals surface area contributed by atoms with Gasteiger partial charge in [0.1, 0.15) is 6.61 Å². The summed E-state index contributed by atoms with van der Waals surface area (Å²) >= 11 is 6.22. The number of halogens is 1. The molecular formula is C21H29ClN2O3. The molecule has 0 aliphatic heterocycles. The number of hydrogen-bond donors (Lipinski definition) is 0. The Morgan fingerprint density at radius 2 is 1.70 bits per heavy atom. The topological polar surface area (TPSA) is 53.4 Å². The molecule has 27 heavy (non-hydrogen) atoms. The quantitative estimate of drug-likeness (QED) is 0.636. The Balaban J connectivity index is 2.16. The van der Waals surface area contributed by atoms with E-state index in [0.29, 0.717) is 19.0 Å². The number of rotatable bonds is 7. The Kier molecular flexibility index (Phi) is 7.06. The van der Waals surface area contributed by atoms with Crippen LogP contribution in [0.4, 0.5) is 0 Å². The Hall–Kier alpha value is -1.85. The van der Waals surface area contributed by atoms with E-state index in [-0.39, 0.29) is 10.6 Å². The van der Waals surface area contributed by atoms with Crippen LogP contribution in [-0.2, 0) is 23.5 Å². The minimum Gasteiger partial charge on any atom is -0.485 e. The second-order valence-electron chi connectivity index (χ2n) is 7.76. The minimum absolute atomic E-state index is 0.0545. The minimum atomic E-state index is -0.442. The highest BCUT2D eigenvalue weighted by molar-refractivity contribution is 6.31. The summed E-state index contributed by atoms with van der Waals surface area (Å²) in [6, 6.07) is 4.22. The van der Waals surface area contributed by atoms with Crippen molar-refractivity contribution in [2.24, 2.45) is 0 Å². The lowest BCUT2D eigenvalue weighted by atomic mass is 10.0. The fraction of sp³-hybridized carbons (Fsp3) is 0.524. The zero-order chi connectivity index (χ0) is 20.2. The highest BCUT2D eigenvalue weighted by Gasteiger charge is 2.20. The molecule has 1 aromatic carbocycles. The van der Waals surface area contributed by atoms with Crippen LogP contribution in [0.25, 0.3) is 0 Å². The van der Waals surface area contributed by atoms with Crippen molar-refractivity contribution in [3.63, 3.8) is 0 Å². The average molecular weight is 393 g/mol. The van der Waals surface area contributed by atoms with E-state index in [4.69, 9.17) is 21.1 Å². The van der Waals surface area contributed by atoms with E-state index in [2.05, 4.69) is 31.1 Å². The maximum absolute atomic E-state index is 12.4. The van der Waals surface area contributed by atoms with Crippen molar-refractivity contribution >= 4 is 11.6 Å². The van der Waals surface area contributed by atoms with Gasteiger partial charge < -0.3 is 9.47 Å². The summed E-state index contributed by atoms with van der Waals surface area (Å²) in [5, 5.41) is 4.25. The number of nitrogens with zero attached hydrogens (tertiary/aromatic N) is 2.